The monoisotopic (exact) mass is 312 g/mol. The lowest BCUT2D eigenvalue weighted by Crippen LogP contribution is -2.14. The van der Waals surface area contributed by atoms with E-state index in [9.17, 15) is 9.18 Å². The van der Waals surface area contributed by atoms with Gasteiger partial charge in [-0.05, 0) is 23.8 Å². The summed E-state index contributed by atoms with van der Waals surface area (Å²) in [6.07, 6.45) is -0.0330. The van der Waals surface area contributed by atoms with Crippen molar-refractivity contribution in [3.63, 3.8) is 0 Å². The van der Waals surface area contributed by atoms with Gasteiger partial charge in [-0.15, -0.1) is 0 Å². The predicted octanol–water partition coefficient (Wildman–Crippen LogP) is 4.32. The fourth-order valence-electron chi connectivity index (χ4n) is 1.68. The molecule has 0 aliphatic rings. The van der Waals surface area contributed by atoms with Crippen LogP contribution in [0.2, 0.25) is 10.0 Å². The van der Waals surface area contributed by atoms with Crippen molar-refractivity contribution in [1.29, 1.82) is 0 Å². The van der Waals surface area contributed by atoms with Gasteiger partial charge in [-0.25, -0.2) is 4.39 Å². The van der Waals surface area contributed by atoms with Gasteiger partial charge in [0.05, 0.1) is 10.0 Å². The highest BCUT2D eigenvalue weighted by Crippen LogP contribution is 2.32. The Balaban J connectivity index is 1.98. The van der Waals surface area contributed by atoms with Crippen LogP contribution in [0.4, 0.5) is 4.39 Å². The second kappa shape index (κ2) is 6.73. The van der Waals surface area contributed by atoms with Gasteiger partial charge in [0.25, 0.3) is 0 Å². The molecule has 0 aliphatic carbocycles. The second-order valence-corrected chi connectivity index (χ2v) is 4.96. The van der Waals surface area contributed by atoms with E-state index in [0.717, 1.165) is 0 Å². The minimum absolute atomic E-state index is 0.0330. The normalized spacial score (nSPS) is 10.3. The van der Waals surface area contributed by atoms with E-state index in [1.54, 1.807) is 36.4 Å². The van der Waals surface area contributed by atoms with Crippen molar-refractivity contribution in [3.05, 3.63) is 63.9 Å². The molecule has 0 saturated carbocycles. The molecule has 0 saturated heterocycles. The number of para-hydroxylation sites is 1. The van der Waals surface area contributed by atoms with Gasteiger partial charge in [0.1, 0.15) is 12.4 Å². The first-order valence-corrected chi connectivity index (χ1v) is 6.65. The highest BCUT2D eigenvalue weighted by atomic mass is 35.5. The summed E-state index contributed by atoms with van der Waals surface area (Å²) in [6, 6.07) is 11.0. The number of hydrogen-bond acceptors (Lipinski definition) is 2. The maximum Gasteiger partial charge on any atom is 0.174 e. The summed E-state index contributed by atoms with van der Waals surface area (Å²) >= 11 is 11.8. The summed E-state index contributed by atoms with van der Waals surface area (Å²) in [4.78, 5) is 11.8. The molecule has 0 radical (unpaired) electrons. The Hall–Kier alpha value is -1.58. The van der Waals surface area contributed by atoms with Crippen LogP contribution in [0.5, 0.6) is 5.75 Å². The lowest BCUT2D eigenvalue weighted by molar-refractivity contribution is -0.120. The lowest BCUT2D eigenvalue weighted by atomic mass is 10.1. The first-order chi connectivity index (χ1) is 9.58. The molecule has 20 heavy (non-hydrogen) atoms. The Kier molecular flexibility index (Phi) is 4.99. The van der Waals surface area contributed by atoms with Crippen LogP contribution < -0.4 is 4.74 Å². The number of halogens is 3. The van der Waals surface area contributed by atoms with Gasteiger partial charge < -0.3 is 4.74 Å². The molecule has 0 N–H and O–H groups in total. The van der Waals surface area contributed by atoms with E-state index in [-0.39, 0.29) is 24.6 Å². The SMILES string of the molecule is O=C(COc1c(Cl)cccc1Cl)Cc1ccccc1F. The van der Waals surface area contributed by atoms with Crippen LogP contribution in [0.15, 0.2) is 42.5 Å². The number of ether oxygens (including phenoxy) is 1. The molecule has 0 bridgehead atoms. The zero-order chi connectivity index (χ0) is 14.5. The van der Waals surface area contributed by atoms with Gasteiger partial charge in [-0.3, -0.25) is 4.79 Å². The maximum absolute atomic E-state index is 13.4. The minimum Gasteiger partial charge on any atom is -0.483 e. The minimum atomic E-state index is -0.406. The van der Waals surface area contributed by atoms with E-state index < -0.39 is 5.82 Å². The Morgan fingerprint density at radius 1 is 1.05 bits per heavy atom. The van der Waals surface area contributed by atoms with Gasteiger partial charge in [-0.2, -0.15) is 0 Å². The molecule has 0 atom stereocenters. The molecule has 0 fully saturated rings. The Bertz CT molecular complexity index is 609. The average Bonchev–Trinajstić information content (AvgIpc) is 2.41. The van der Waals surface area contributed by atoms with Crippen molar-refractivity contribution >= 4 is 29.0 Å². The van der Waals surface area contributed by atoms with E-state index in [1.807, 2.05) is 0 Å². The second-order valence-electron chi connectivity index (χ2n) is 4.15. The van der Waals surface area contributed by atoms with Gasteiger partial charge in [0, 0.05) is 6.42 Å². The number of carbonyl (C=O) groups is 1. The standard InChI is InChI=1S/C15H11Cl2FO2/c16-12-5-3-6-13(17)15(12)20-9-11(19)8-10-4-1-2-7-14(10)18/h1-7H,8-9H2. The molecule has 2 rings (SSSR count). The van der Waals surface area contributed by atoms with Crippen LogP contribution in [-0.2, 0) is 11.2 Å². The fourth-order valence-corrected chi connectivity index (χ4v) is 2.18. The van der Waals surface area contributed by atoms with Crippen LogP contribution in [0.3, 0.4) is 0 Å². The number of carbonyl (C=O) groups excluding carboxylic acids is 1. The van der Waals surface area contributed by atoms with Crippen molar-refractivity contribution in [2.45, 2.75) is 6.42 Å². The van der Waals surface area contributed by atoms with Crippen molar-refractivity contribution < 1.29 is 13.9 Å². The highest BCUT2D eigenvalue weighted by molar-refractivity contribution is 6.37. The first kappa shape index (κ1) is 14.8. The fraction of sp³-hybridized carbons (Fsp3) is 0.133. The summed E-state index contributed by atoms with van der Waals surface area (Å²) in [7, 11) is 0. The number of hydrogen-bond donors (Lipinski definition) is 0. The van der Waals surface area contributed by atoms with Crippen molar-refractivity contribution in [2.24, 2.45) is 0 Å². The molecule has 104 valence electrons. The number of ketones is 1. The van der Waals surface area contributed by atoms with E-state index in [4.69, 9.17) is 27.9 Å². The molecule has 2 nitrogen and oxygen atoms in total. The molecule has 0 unspecified atom stereocenters. The zero-order valence-electron chi connectivity index (χ0n) is 10.4. The largest absolute Gasteiger partial charge is 0.483 e. The van der Waals surface area contributed by atoms with Crippen LogP contribution >= 0.6 is 23.2 Å². The molecule has 0 aliphatic heterocycles. The Labute approximate surface area is 126 Å². The molecule has 0 amide bonds. The first-order valence-electron chi connectivity index (χ1n) is 5.90. The van der Waals surface area contributed by atoms with E-state index in [0.29, 0.717) is 15.6 Å². The lowest BCUT2D eigenvalue weighted by Gasteiger charge is -2.09. The molecular weight excluding hydrogens is 302 g/mol. The van der Waals surface area contributed by atoms with E-state index in [1.165, 1.54) is 6.07 Å². The molecular formula is C15H11Cl2FO2. The summed E-state index contributed by atoms with van der Waals surface area (Å²) in [5.74, 6) is -0.402. The molecule has 0 heterocycles. The third kappa shape index (κ3) is 3.71. The van der Waals surface area contributed by atoms with Gasteiger partial charge in [0.2, 0.25) is 0 Å². The quantitative estimate of drug-likeness (QED) is 0.821. The highest BCUT2D eigenvalue weighted by Gasteiger charge is 2.11. The molecule has 2 aromatic carbocycles. The topological polar surface area (TPSA) is 26.3 Å². The Morgan fingerprint density at radius 3 is 2.35 bits per heavy atom. The summed E-state index contributed by atoms with van der Waals surface area (Å²) in [6.45, 7) is -0.211. The van der Waals surface area contributed by atoms with Crippen molar-refractivity contribution in [3.8, 4) is 5.75 Å². The predicted molar refractivity (Wildman–Crippen MR) is 77.1 cm³/mol. The van der Waals surface area contributed by atoms with E-state index >= 15 is 0 Å². The van der Waals surface area contributed by atoms with Crippen LogP contribution in [0, 0.1) is 5.82 Å². The maximum atomic E-state index is 13.4. The summed E-state index contributed by atoms with van der Waals surface area (Å²) in [5, 5.41) is 0.660. The smallest absolute Gasteiger partial charge is 0.174 e. The average molecular weight is 313 g/mol. The molecule has 0 spiro atoms. The summed E-state index contributed by atoms with van der Waals surface area (Å²) in [5.41, 5.74) is 0.339. The van der Waals surface area contributed by atoms with Crippen molar-refractivity contribution in [2.75, 3.05) is 6.61 Å². The number of benzene rings is 2. The van der Waals surface area contributed by atoms with Crippen LogP contribution in [0.1, 0.15) is 5.56 Å². The Morgan fingerprint density at radius 2 is 1.70 bits per heavy atom. The van der Waals surface area contributed by atoms with Gasteiger partial charge in [0.15, 0.2) is 11.5 Å². The van der Waals surface area contributed by atoms with Crippen LogP contribution in [0.25, 0.3) is 0 Å². The molecule has 2 aromatic rings. The summed E-state index contributed by atoms with van der Waals surface area (Å²) < 4.78 is 18.7. The van der Waals surface area contributed by atoms with Gasteiger partial charge in [-0.1, -0.05) is 47.5 Å². The van der Waals surface area contributed by atoms with Crippen LogP contribution in [-0.4, -0.2) is 12.4 Å². The molecule has 5 heteroatoms. The third-order valence-electron chi connectivity index (χ3n) is 2.64. The third-order valence-corrected chi connectivity index (χ3v) is 3.24. The zero-order valence-corrected chi connectivity index (χ0v) is 11.9. The number of rotatable bonds is 5. The van der Waals surface area contributed by atoms with Crippen molar-refractivity contribution in [1.82, 2.24) is 0 Å². The van der Waals surface area contributed by atoms with E-state index in [2.05, 4.69) is 0 Å². The number of Topliss-reactive ketones (excluding diaryl/α,β-unsaturated/α-hetero) is 1. The van der Waals surface area contributed by atoms with Gasteiger partial charge >= 0.3 is 0 Å². The molecule has 0 aromatic heterocycles.